The predicted molar refractivity (Wildman–Crippen MR) is 81.5 cm³/mol. The lowest BCUT2D eigenvalue weighted by atomic mass is 10.1. The van der Waals surface area contributed by atoms with Crippen LogP contribution in [0, 0.1) is 5.82 Å². The highest BCUT2D eigenvalue weighted by Gasteiger charge is 2.16. The summed E-state index contributed by atoms with van der Waals surface area (Å²) >= 11 is 20.8. The fourth-order valence-electron chi connectivity index (χ4n) is 1.56. The fraction of sp³-hybridized carbons (Fsp3) is 0. The van der Waals surface area contributed by atoms with Gasteiger partial charge in [0.05, 0.1) is 15.7 Å². The van der Waals surface area contributed by atoms with E-state index in [0.29, 0.717) is 4.47 Å². The number of aromatic nitrogens is 1. The van der Waals surface area contributed by atoms with Crippen molar-refractivity contribution in [1.29, 1.82) is 0 Å². The smallest absolute Gasteiger partial charge is 0.176 e. The van der Waals surface area contributed by atoms with E-state index in [1.54, 1.807) is 6.07 Å². The van der Waals surface area contributed by atoms with Gasteiger partial charge in [-0.2, -0.15) is 0 Å². The van der Waals surface area contributed by atoms with E-state index in [0.717, 1.165) is 6.07 Å². The summed E-state index contributed by atoms with van der Waals surface area (Å²) in [7, 11) is 0. The molecule has 0 bridgehead atoms. The maximum absolute atomic E-state index is 14.0. The molecule has 0 unspecified atom stereocenters. The molecule has 8 heteroatoms. The summed E-state index contributed by atoms with van der Waals surface area (Å²) < 4.78 is 14.7. The van der Waals surface area contributed by atoms with E-state index in [1.165, 1.54) is 12.3 Å². The molecule has 1 aromatic carbocycles. The van der Waals surface area contributed by atoms with Gasteiger partial charge in [0, 0.05) is 21.8 Å². The first-order valence-electron chi connectivity index (χ1n) is 5.12. The Morgan fingerprint density at radius 1 is 1.25 bits per heavy atom. The highest BCUT2D eigenvalue weighted by Crippen LogP contribution is 2.33. The number of hydrogen-bond acceptors (Lipinski definition) is 3. The van der Waals surface area contributed by atoms with Gasteiger partial charge in [0.15, 0.2) is 5.17 Å². The second-order valence-corrected chi connectivity index (χ2v) is 5.77. The highest BCUT2D eigenvalue weighted by molar-refractivity contribution is 9.10. The summed E-state index contributed by atoms with van der Waals surface area (Å²) in [5, 5.41) is 11.5. The molecule has 0 spiro atoms. The number of hydrogen-bond donors (Lipinski definition) is 1. The third kappa shape index (κ3) is 3.06. The van der Waals surface area contributed by atoms with Gasteiger partial charge in [-0.15, -0.1) is 0 Å². The molecule has 2 rings (SSSR count). The number of pyridine rings is 1. The molecule has 0 radical (unpaired) electrons. The van der Waals surface area contributed by atoms with Gasteiger partial charge in [-0.25, -0.2) is 4.39 Å². The van der Waals surface area contributed by atoms with Crippen LogP contribution in [0.15, 0.2) is 34.0 Å². The lowest BCUT2D eigenvalue weighted by molar-refractivity contribution is 0.321. The van der Waals surface area contributed by atoms with Crippen LogP contribution in [0.25, 0.3) is 11.3 Å². The second kappa shape index (κ2) is 6.26. The molecule has 20 heavy (non-hydrogen) atoms. The third-order valence-corrected chi connectivity index (χ3v) is 3.74. The number of benzene rings is 1. The van der Waals surface area contributed by atoms with Crippen molar-refractivity contribution in [3.05, 3.63) is 50.3 Å². The van der Waals surface area contributed by atoms with Crippen molar-refractivity contribution >= 4 is 55.9 Å². The SMILES string of the molecule is O/N=C(\Cl)c1cc(-c2ncc(Br)cc2Cl)c(F)cc1Cl. The molecule has 0 fully saturated rings. The lowest BCUT2D eigenvalue weighted by Gasteiger charge is -2.09. The van der Waals surface area contributed by atoms with Crippen LogP contribution >= 0.6 is 50.7 Å². The Balaban J connectivity index is 2.68. The van der Waals surface area contributed by atoms with Crippen molar-refractivity contribution in [3.8, 4) is 11.3 Å². The van der Waals surface area contributed by atoms with E-state index in [-0.39, 0.29) is 32.0 Å². The van der Waals surface area contributed by atoms with Crippen LogP contribution < -0.4 is 0 Å². The minimum absolute atomic E-state index is 0.0160. The number of nitrogens with zero attached hydrogens (tertiary/aromatic N) is 2. The van der Waals surface area contributed by atoms with Crippen LogP contribution in [0.4, 0.5) is 4.39 Å². The first kappa shape index (κ1) is 15.5. The summed E-state index contributed by atoms with van der Waals surface area (Å²) in [5.41, 5.74) is 0.504. The van der Waals surface area contributed by atoms with E-state index >= 15 is 0 Å². The van der Waals surface area contributed by atoms with E-state index < -0.39 is 5.82 Å². The van der Waals surface area contributed by atoms with Crippen molar-refractivity contribution in [2.24, 2.45) is 5.16 Å². The first-order chi connectivity index (χ1) is 9.43. The van der Waals surface area contributed by atoms with Crippen molar-refractivity contribution in [3.63, 3.8) is 0 Å². The molecular weight excluding hydrogens is 393 g/mol. The van der Waals surface area contributed by atoms with Crippen LogP contribution in [0.5, 0.6) is 0 Å². The Morgan fingerprint density at radius 3 is 2.55 bits per heavy atom. The van der Waals surface area contributed by atoms with E-state index in [4.69, 9.17) is 40.0 Å². The fourth-order valence-corrected chi connectivity index (χ4v) is 2.73. The van der Waals surface area contributed by atoms with Crippen LogP contribution in [0.2, 0.25) is 10.0 Å². The molecule has 3 nitrogen and oxygen atoms in total. The largest absolute Gasteiger partial charge is 0.410 e. The average molecular weight is 398 g/mol. The molecule has 0 aliphatic rings. The summed E-state index contributed by atoms with van der Waals surface area (Å²) in [6, 6.07) is 3.96. The van der Waals surface area contributed by atoms with Gasteiger partial charge in [-0.1, -0.05) is 40.0 Å². The number of oxime groups is 1. The highest BCUT2D eigenvalue weighted by atomic mass is 79.9. The Bertz CT molecular complexity index is 709. The summed E-state index contributed by atoms with van der Waals surface area (Å²) in [5.74, 6) is -0.613. The minimum Gasteiger partial charge on any atom is -0.410 e. The average Bonchev–Trinajstić information content (AvgIpc) is 2.39. The van der Waals surface area contributed by atoms with E-state index in [1.807, 2.05) is 0 Å². The summed E-state index contributed by atoms with van der Waals surface area (Å²) in [4.78, 5) is 4.06. The molecule has 0 aliphatic carbocycles. The van der Waals surface area contributed by atoms with Gasteiger partial charge >= 0.3 is 0 Å². The zero-order valence-electron chi connectivity index (χ0n) is 9.54. The normalized spacial score (nSPS) is 11.8. The van der Waals surface area contributed by atoms with E-state index in [2.05, 4.69) is 26.1 Å². The zero-order valence-corrected chi connectivity index (χ0v) is 13.4. The molecule has 0 amide bonds. The molecular formula is C12H5BrCl3FN2O. The molecule has 2 aromatic rings. The number of halogens is 5. The summed E-state index contributed by atoms with van der Waals surface area (Å²) in [6.45, 7) is 0. The molecule has 0 atom stereocenters. The first-order valence-corrected chi connectivity index (χ1v) is 7.05. The molecule has 1 N–H and O–H groups in total. The lowest BCUT2D eigenvalue weighted by Crippen LogP contribution is -1.97. The van der Waals surface area contributed by atoms with Crippen molar-refractivity contribution < 1.29 is 9.60 Å². The van der Waals surface area contributed by atoms with Crippen LogP contribution in [0.1, 0.15) is 5.56 Å². The standard InChI is InChI=1S/C12H5BrCl3FN2O/c13-5-1-9(15)11(18-4-5)7-2-6(12(16)19-20)8(14)3-10(7)17/h1-4,20H/b19-12-. The molecule has 0 saturated heterocycles. The Kier molecular flexibility index (Phi) is 4.86. The van der Waals surface area contributed by atoms with Gasteiger partial charge in [0.1, 0.15) is 5.82 Å². The Labute approximate surface area is 137 Å². The van der Waals surface area contributed by atoms with Gasteiger partial charge in [-0.3, -0.25) is 4.98 Å². The van der Waals surface area contributed by atoms with Crippen molar-refractivity contribution in [2.45, 2.75) is 0 Å². The van der Waals surface area contributed by atoms with Crippen molar-refractivity contribution in [2.75, 3.05) is 0 Å². The van der Waals surface area contributed by atoms with Gasteiger partial charge in [0.25, 0.3) is 0 Å². The zero-order chi connectivity index (χ0) is 14.9. The minimum atomic E-state index is -0.613. The maximum Gasteiger partial charge on any atom is 0.176 e. The Hall–Kier alpha value is -0.880. The van der Waals surface area contributed by atoms with Crippen LogP contribution in [0.3, 0.4) is 0 Å². The monoisotopic (exact) mass is 396 g/mol. The van der Waals surface area contributed by atoms with Crippen LogP contribution in [-0.2, 0) is 0 Å². The quantitative estimate of drug-likeness (QED) is 0.422. The van der Waals surface area contributed by atoms with Gasteiger partial charge in [-0.05, 0) is 34.1 Å². The molecule has 0 saturated carbocycles. The van der Waals surface area contributed by atoms with Crippen molar-refractivity contribution in [1.82, 2.24) is 4.98 Å². The molecule has 0 aliphatic heterocycles. The summed E-state index contributed by atoms with van der Waals surface area (Å²) in [6.07, 6.45) is 1.48. The Morgan fingerprint density at radius 2 is 1.95 bits per heavy atom. The number of rotatable bonds is 2. The van der Waals surface area contributed by atoms with Crippen LogP contribution in [-0.4, -0.2) is 15.4 Å². The third-order valence-electron chi connectivity index (χ3n) is 2.43. The van der Waals surface area contributed by atoms with Gasteiger partial charge in [0.2, 0.25) is 0 Å². The maximum atomic E-state index is 14.0. The molecule has 104 valence electrons. The second-order valence-electron chi connectivity index (χ2n) is 3.69. The molecule has 1 heterocycles. The predicted octanol–water partition coefficient (Wildman–Crippen LogP) is 5.33. The molecule has 1 aromatic heterocycles. The van der Waals surface area contributed by atoms with Gasteiger partial charge < -0.3 is 5.21 Å². The topological polar surface area (TPSA) is 45.5 Å². The van der Waals surface area contributed by atoms with E-state index in [9.17, 15) is 4.39 Å².